The molecule has 1 aromatic carbocycles. The lowest BCUT2D eigenvalue weighted by molar-refractivity contribution is -0.307. The SMILES string of the molecule is COc1cc(O[C@@H]2O[C@H](CO[C@@H]3OC[C@H](O)[C@@H](O)[C@H]3O)[C@@H](O)[C@H](O)[C@H]2O)cc(OC)c1OC. The van der Waals surface area contributed by atoms with Gasteiger partial charge in [0.25, 0.3) is 0 Å². The van der Waals surface area contributed by atoms with Crippen molar-refractivity contribution in [3.05, 3.63) is 12.1 Å². The fourth-order valence-corrected chi connectivity index (χ4v) is 3.53. The molecule has 0 aliphatic carbocycles. The number of hydrogen-bond donors (Lipinski definition) is 6. The van der Waals surface area contributed by atoms with E-state index >= 15 is 0 Å². The van der Waals surface area contributed by atoms with E-state index in [4.69, 9.17) is 33.2 Å². The van der Waals surface area contributed by atoms with Gasteiger partial charge in [0, 0.05) is 12.1 Å². The molecule has 0 bridgehead atoms. The van der Waals surface area contributed by atoms with Crippen LogP contribution in [0.2, 0.25) is 0 Å². The van der Waals surface area contributed by atoms with Crippen LogP contribution in [0.1, 0.15) is 0 Å². The number of methoxy groups -OCH3 is 3. The van der Waals surface area contributed by atoms with Gasteiger partial charge in [0.05, 0.1) is 34.5 Å². The van der Waals surface area contributed by atoms with Crippen molar-refractivity contribution >= 4 is 0 Å². The molecule has 0 radical (unpaired) electrons. The summed E-state index contributed by atoms with van der Waals surface area (Å²) in [5.74, 6) is 1.03. The molecule has 13 heteroatoms. The van der Waals surface area contributed by atoms with Crippen LogP contribution in [0.5, 0.6) is 23.0 Å². The normalized spacial score (nSPS) is 36.8. The van der Waals surface area contributed by atoms with Crippen molar-refractivity contribution in [2.24, 2.45) is 0 Å². The highest BCUT2D eigenvalue weighted by Crippen LogP contribution is 2.41. The molecule has 2 heterocycles. The predicted molar refractivity (Wildman–Crippen MR) is 107 cm³/mol. The minimum Gasteiger partial charge on any atom is -0.493 e. The first-order valence-electron chi connectivity index (χ1n) is 10.2. The van der Waals surface area contributed by atoms with Crippen LogP contribution in [0.3, 0.4) is 0 Å². The fraction of sp³-hybridized carbons (Fsp3) is 0.700. The van der Waals surface area contributed by atoms with Gasteiger partial charge in [0.2, 0.25) is 12.0 Å². The number of aliphatic hydroxyl groups is 6. The van der Waals surface area contributed by atoms with Gasteiger partial charge >= 0.3 is 0 Å². The maximum Gasteiger partial charge on any atom is 0.229 e. The van der Waals surface area contributed by atoms with E-state index in [1.165, 1.54) is 33.5 Å². The molecule has 0 spiro atoms. The quantitative estimate of drug-likeness (QED) is 0.228. The molecule has 2 aliphatic heterocycles. The summed E-state index contributed by atoms with van der Waals surface area (Å²) in [7, 11) is 4.26. The highest BCUT2D eigenvalue weighted by atomic mass is 16.7. The maximum atomic E-state index is 10.4. The Bertz CT molecular complexity index is 751. The minimum atomic E-state index is -1.65. The van der Waals surface area contributed by atoms with Crippen LogP contribution < -0.4 is 18.9 Å². The summed E-state index contributed by atoms with van der Waals surface area (Å²) < 4.78 is 37.5. The molecule has 33 heavy (non-hydrogen) atoms. The second kappa shape index (κ2) is 11.0. The second-order valence-electron chi connectivity index (χ2n) is 7.58. The van der Waals surface area contributed by atoms with Crippen molar-refractivity contribution in [3.63, 3.8) is 0 Å². The van der Waals surface area contributed by atoms with E-state index in [0.29, 0.717) is 5.75 Å². The van der Waals surface area contributed by atoms with Gasteiger partial charge in [-0.3, -0.25) is 0 Å². The zero-order valence-corrected chi connectivity index (χ0v) is 18.3. The van der Waals surface area contributed by atoms with Crippen LogP contribution in [0, 0.1) is 0 Å². The Labute approximate surface area is 189 Å². The van der Waals surface area contributed by atoms with Gasteiger partial charge in [-0.15, -0.1) is 0 Å². The average molecular weight is 478 g/mol. The molecule has 0 unspecified atom stereocenters. The average Bonchev–Trinajstić information content (AvgIpc) is 2.82. The van der Waals surface area contributed by atoms with Gasteiger partial charge in [-0.1, -0.05) is 0 Å². The molecule has 2 aliphatic rings. The maximum absolute atomic E-state index is 10.4. The standard InChI is InChI=1S/C20H30O13/c1-27-10-4-8(5-11(28-2)18(10)29-3)32-20-17(26)15(24)14(23)12(33-20)7-31-19-16(25)13(22)9(21)6-30-19/h4-5,9,12-17,19-26H,6-7H2,1-3H3/t9-,12+,13+,14+,15-,16+,17+,19-,20+/m0/s1. The topological polar surface area (TPSA) is 186 Å². The number of rotatable bonds is 8. The summed E-state index contributed by atoms with van der Waals surface area (Å²) in [6, 6.07) is 2.92. The van der Waals surface area contributed by atoms with Crippen LogP contribution in [0.15, 0.2) is 12.1 Å². The highest BCUT2D eigenvalue weighted by Gasteiger charge is 2.46. The van der Waals surface area contributed by atoms with Crippen LogP contribution in [-0.2, 0) is 14.2 Å². The molecule has 188 valence electrons. The third-order valence-electron chi connectivity index (χ3n) is 5.44. The third-order valence-corrected chi connectivity index (χ3v) is 5.44. The van der Waals surface area contributed by atoms with E-state index in [9.17, 15) is 30.6 Å². The molecular weight excluding hydrogens is 448 g/mol. The Morgan fingerprint density at radius 2 is 1.39 bits per heavy atom. The summed E-state index contributed by atoms with van der Waals surface area (Å²) in [5, 5.41) is 60.2. The van der Waals surface area contributed by atoms with E-state index in [1.807, 2.05) is 0 Å². The van der Waals surface area contributed by atoms with Crippen LogP contribution in [0.4, 0.5) is 0 Å². The summed E-state index contributed by atoms with van der Waals surface area (Å²) in [5.41, 5.74) is 0. The molecular formula is C20H30O13. The molecule has 1 aromatic rings. The Morgan fingerprint density at radius 1 is 0.788 bits per heavy atom. The van der Waals surface area contributed by atoms with Crippen LogP contribution in [0.25, 0.3) is 0 Å². The van der Waals surface area contributed by atoms with Crippen LogP contribution in [-0.4, -0.2) is 120 Å². The van der Waals surface area contributed by atoms with Crippen molar-refractivity contribution in [3.8, 4) is 23.0 Å². The van der Waals surface area contributed by atoms with E-state index in [0.717, 1.165) is 0 Å². The molecule has 0 amide bonds. The lowest BCUT2D eigenvalue weighted by atomic mass is 9.99. The van der Waals surface area contributed by atoms with Gasteiger partial charge < -0.3 is 63.8 Å². The van der Waals surface area contributed by atoms with Crippen molar-refractivity contribution in [1.29, 1.82) is 0 Å². The van der Waals surface area contributed by atoms with E-state index in [2.05, 4.69) is 0 Å². The van der Waals surface area contributed by atoms with Crippen molar-refractivity contribution in [1.82, 2.24) is 0 Å². The number of ether oxygens (including phenoxy) is 7. The molecule has 2 saturated heterocycles. The molecule has 2 fully saturated rings. The van der Waals surface area contributed by atoms with Gasteiger partial charge in [-0.05, 0) is 0 Å². The van der Waals surface area contributed by atoms with Crippen molar-refractivity contribution in [2.45, 2.75) is 55.3 Å². The smallest absolute Gasteiger partial charge is 0.229 e. The Kier molecular flexibility index (Phi) is 8.55. The summed E-state index contributed by atoms with van der Waals surface area (Å²) in [6.07, 6.45) is -13.1. The van der Waals surface area contributed by atoms with E-state index in [1.54, 1.807) is 0 Å². The number of benzene rings is 1. The largest absolute Gasteiger partial charge is 0.493 e. The Hall–Kier alpha value is -1.94. The molecule has 9 atom stereocenters. The summed E-state index contributed by atoms with van der Waals surface area (Å²) in [4.78, 5) is 0. The first kappa shape index (κ1) is 25.7. The lowest BCUT2D eigenvalue weighted by Crippen LogP contribution is -2.61. The first-order valence-corrected chi connectivity index (χ1v) is 10.2. The minimum absolute atomic E-state index is 0.153. The Morgan fingerprint density at radius 3 is 1.97 bits per heavy atom. The molecule has 0 saturated carbocycles. The lowest BCUT2D eigenvalue weighted by Gasteiger charge is -2.41. The molecule has 3 rings (SSSR count). The number of aliphatic hydroxyl groups excluding tert-OH is 6. The zero-order chi connectivity index (χ0) is 24.3. The molecule has 0 aromatic heterocycles. The summed E-state index contributed by atoms with van der Waals surface area (Å²) >= 11 is 0. The van der Waals surface area contributed by atoms with Gasteiger partial charge in [0.15, 0.2) is 17.8 Å². The summed E-state index contributed by atoms with van der Waals surface area (Å²) in [6.45, 7) is -0.671. The zero-order valence-electron chi connectivity index (χ0n) is 18.3. The molecule has 6 N–H and O–H groups in total. The van der Waals surface area contributed by atoms with Gasteiger partial charge in [-0.25, -0.2) is 0 Å². The van der Waals surface area contributed by atoms with E-state index in [-0.39, 0.29) is 23.9 Å². The number of hydrogen-bond acceptors (Lipinski definition) is 13. The second-order valence-corrected chi connectivity index (χ2v) is 7.58. The highest BCUT2D eigenvalue weighted by molar-refractivity contribution is 5.55. The Balaban J connectivity index is 1.71. The van der Waals surface area contributed by atoms with Gasteiger partial charge in [-0.2, -0.15) is 0 Å². The third kappa shape index (κ3) is 5.42. The van der Waals surface area contributed by atoms with Crippen LogP contribution >= 0.6 is 0 Å². The van der Waals surface area contributed by atoms with Crippen molar-refractivity contribution in [2.75, 3.05) is 34.5 Å². The fourth-order valence-electron chi connectivity index (χ4n) is 3.53. The first-order chi connectivity index (χ1) is 15.7. The van der Waals surface area contributed by atoms with E-state index < -0.39 is 61.9 Å². The monoisotopic (exact) mass is 478 g/mol. The predicted octanol–water partition coefficient (Wildman–Crippen LogP) is -2.65. The molecule has 13 nitrogen and oxygen atoms in total. The van der Waals surface area contributed by atoms with Gasteiger partial charge in [0.1, 0.15) is 48.5 Å². The van der Waals surface area contributed by atoms with Crippen molar-refractivity contribution < 1.29 is 63.8 Å².